The fourth-order valence-electron chi connectivity index (χ4n) is 7.97. The largest absolute Gasteiger partial charge is 0.457 e. The lowest BCUT2D eigenvalue weighted by molar-refractivity contribution is 0.436. The number of nitrogens with zero attached hydrogens (tertiary/aromatic N) is 4. The van der Waals surface area contributed by atoms with Crippen molar-refractivity contribution in [2.24, 2.45) is 0 Å². The molecule has 242 valence electrons. The maximum atomic E-state index is 10.3. The van der Waals surface area contributed by atoms with E-state index in [1.165, 1.54) is 0 Å². The Morgan fingerprint density at radius 3 is 1.48 bits per heavy atom. The van der Waals surface area contributed by atoms with Crippen LogP contribution in [-0.2, 0) is 5.41 Å². The SMILES string of the molecule is N#Cc1cccc2c1-c1ccc(-c3ccc(-c4nc(-c5ccccc5)nc(-c5ccccc5)n4)cc3)cc1C21c2ccccc2Oc2ccccc21. The van der Waals surface area contributed by atoms with E-state index < -0.39 is 5.41 Å². The van der Waals surface area contributed by atoms with E-state index in [1.54, 1.807) is 0 Å². The molecule has 1 aliphatic heterocycles. The number of para-hydroxylation sites is 2. The van der Waals surface area contributed by atoms with Gasteiger partial charge in [-0.25, -0.2) is 15.0 Å². The van der Waals surface area contributed by atoms with E-state index in [9.17, 15) is 5.26 Å². The molecule has 1 spiro atoms. The van der Waals surface area contributed by atoms with Crippen LogP contribution in [0.4, 0.5) is 0 Å². The van der Waals surface area contributed by atoms with Crippen molar-refractivity contribution in [2.75, 3.05) is 0 Å². The van der Waals surface area contributed by atoms with Crippen LogP contribution in [0.3, 0.4) is 0 Å². The lowest BCUT2D eigenvalue weighted by atomic mass is 9.66. The Labute approximate surface area is 301 Å². The summed E-state index contributed by atoms with van der Waals surface area (Å²) in [6.45, 7) is 0. The third-order valence-electron chi connectivity index (χ3n) is 10.3. The van der Waals surface area contributed by atoms with Crippen molar-refractivity contribution < 1.29 is 4.74 Å². The van der Waals surface area contributed by atoms with Crippen LogP contribution < -0.4 is 4.74 Å². The van der Waals surface area contributed by atoms with E-state index >= 15 is 0 Å². The van der Waals surface area contributed by atoms with Crippen molar-refractivity contribution in [1.29, 1.82) is 5.26 Å². The summed E-state index contributed by atoms with van der Waals surface area (Å²) in [4.78, 5) is 14.7. The summed E-state index contributed by atoms with van der Waals surface area (Å²) in [6, 6.07) is 60.2. The van der Waals surface area contributed by atoms with Crippen molar-refractivity contribution in [1.82, 2.24) is 15.0 Å². The summed E-state index contributed by atoms with van der Waals surface area (Å²) in [7, 11) is 0. The molecule has 0 radical (unpaired) electrons. The van der Waals surface area contributed by atoms with Crippen molar-refractivity contribution in [3.05, 3.63) is 198 Å². The topological polar surface area (TPSA) is 71.7 Å². The van der Waals surface area contributed by atoms with Gasteiger partial charge in [0.05, 0.1) is 17.0 Å². The number of aromatic nitrogens is 3. The highest BCUT2D eigenvalue weighted by Gasteiger charge is 2.51. The third kappa shape index (κ3) is 4.45. The zero-order chi connectivity index (χ0) is 34.6. The van der Waals surface area contributed by atoms with Gasteiger partial charge in [-0.1, -0.05) is 146 Å². The van der Waals surface area contributed by atoms with Gasteiger partial charge < -0.3 is 4.74 Å². The average molecular weight is 665 g/mol. The smallest absolute Gasteiger partial charge is 0.164 e. The molecule has 1 aliphatic carbocycles. The highest BCUT2D eigenvalue weighted by atomic mass is 16.5. The summed E-state index contributed by atoms with van der Waals surface area (Å²) in [5, 5.41) is 10.3. The number of hydrogen-bond donors (Lipinski definition) is 0. The molecule has 0 amide bonds. The number of nitriles is 1. The highest BCUT2D eigenvalue weighted by Crippen LogP contribution is 2.62. The molecular formula is C47H28N4O. The molecule has 2 aliphatic rings. The fourth-order valence-corrected chi connectivity index (χ4v) is 7.97. The Morgan fingerprint density at radius 1 is 0.423 bits per heavy atom. The van der Waals surface area contributed by atoms with Gasteiger partial charge in [0.2, 0.25) is 0 Å². The molecule has 7 aromatic carbocycles. The molecule has 2 heterocycles. The van der Waals surface area contributed by atoms with E-state index in [0.29, 0.717) is 23.0 Å². The molecule has 0 bridgehead atoms. The number of benzene rings is 7. The molecule has 0 atom stereocenters. The van der Waals surface area contributed by atoms with Gasteiger partial charge in [0, 0.05) is 33.4 Å². The second kappa shape index (κ2) is 11.7. The first kappa shape index (κ1) is 29.7. The average Bonchev–Trinajstić information content (AvgIpc) is 3.51. The van der Waals surface area contributed by atoms with Gasteiger partial charge in [-0.05, 0) is 52.1 Å². The van der Waals surface area contributed by atoms with Crippen LogP contribution in [0.25, 0.3) is 56.4 Å². The number of fused-ring (bicyclic) bond motifs is 9. The predicted octanol–water partition coefficient (Wildman–Crippen LogP) is 10.9. The summed E-state index contributed by atoms with van der Waals surface area (Å²) < 4.78 is 6.51. The quantitative estimate of drug-likeness (QED) is 0.187. The molecule has 0 saturated carbocycles. The van der Waals surface area contributed by atoms with Crippen LogP contribution in [0.2, 0.25) is 0 Å². The van der Waals surface area contributed by atoms with Gasteiger partial charge in [0.15, 0.2) is 17.5 Å². The maximum absolute atomic E-state index is 10.3. The Balaban J connectivity index is 1.13. The van der Waals surface area contributed by atoms with Crippen LogP contribution in [0.15, 0.2) is 170 Å². The summed E-state index contributed by atoms with van der Waals surface area (Å²) >= 11 is 0. The molecule has 5 nitrogen and oxygen atoms in total. The molecule has 10 rings (SSSR count). The van der Waals surface area contributed by atoms with Crippen LogP contribution in [0.5, 0.6) is 11.5 Å². The van der Waals surface area contributed by atoms with Gasteiger partial charge >= 0.3 is 0 Å². The van der Waals surface area contributed by atoms with E-state index in [0.717, 1.165) is 72.7 Å². The van der Waals surface area contributed by atoms with Crippen LogP contribution in [-0.4, -0.2) is 15.0 Å². The molecule has 0 saturated heterocycles. The van der Waals surface area contributed by atoms with E-state index in [-0.39, 0.29) is 0 Å². The minimum Gasteiger partial charge on any atom is -0.457 e. The van der Waals surface area contributed by atoms with Crippen molar-refractivity contribution >= 4 is 0 Å². The zero-order valence-electron chi connectivity index (χ0n) is 27.9. The van der Waals surface area contributed by atoms with Gasteiger partial charge in [-0.2, -0.15) is 5.26 Å². The molecule has 52 heavy (non-hydrogen) atoms. The molecule has 0 fully saturated rings. The third-order valence-corrected chi connectivity index (χ3v) is 10.3. The zero-order valence-corrected chi connectivity index (χ0v) is 27.9. The number of rotatable bonds is 4. The van der Waals surface area contributed by atoms with E-state index in [1.807, 2.05) is 97.1 Å². The number of hydrogen-bond acceptors (Lipinski definition) is 5. The first-order valence-electron chi connectivity index (χ1n) is 17.3. The lowest BCUT2D eigenvalue weighted by Crippen LogP contribution is -2.32. The minimum atomic E-state index is -0.661. The molecule has 8 aromatic rings. The minimum absolute atomic E-state index is 0.613. The molecule has 1 aromatic heterocycles. The van der Waals surface area contributed by atoms with Crippen molar-refractivity contribution in [2.45, 2.75) is 5.41 Å². The summed E-state index contributed by atoms with van der Waals surface area (Å²) in [6.07, 6.45) is 0. The summed E-state index contributed by atoms with van der Waals surface area (Å²) in [5.41, 5.74) is 11.3. The van der Waals surface area contributed by atoms with Crippen molar-refractivity contribution in [3.63, 3.8) is 0 Å². The fraction of sp³-hybridized carbons (Fsp3) is 0.0213. The Bertz CT molecular complexity index is 2610. The monoisotopic (exact) mass is 664 g/mol. The van der Waals surface area contributed by atoms with Gasteiger partial charge in [-0.3, -0.25) is 0 Å². The highest BCUT2D eigenvalue weighted by molar-refractivity contribution is 5.92. The Hall–Kier alpha value is -7.16. The van der Waals surface area contributed by atoms with Gasteiger partial charge in [-0.15, -0.1) is 0 Å². The van der Waals surface area contributed by atoms with Crippen molar-refractivity contribution in [3.8, 4) is 74.0 Å². The molecule has 0 unspecified atom stereocenters. The second-order valence-corrected chi connectivity index (χ2v) is 13.1. The molecule has 0 N–H and O–H groups in total. The first-order valence-corrected chi connectivity index (χ1v) is 17.3. The van der Waals surface area contributed by atoms with E-state index in [2.05, 4.69) is 78.9 Å². The van der Waals surface area contributed by atoms with Crippen LogP contribution in [0.1, 0.15) is 27.8 Å². The second-order valence-electron chi connectivity index (χ2n) is 13.1. The Morgan fingerprint density at radius 2 is 0.904 bits per heavy atom. The summed E-state index contributed by atoms with van der Waals surface area (Å²) in [5.74, 6) is 3.51. The maximum Gasteiger partial charge on any atom is 0.164 e. The van der Waals surface area contributed by atoms with E-state index in [4.69, 9.17) is 19.7 Å². The molecule has 5 heteroatoms. The number of ether oxygens (including phenoxy) is 1. The standard InChI is InChI=1S/C47H28N4O/c48-29-35-16-11-19-39-43(35)36-27-26-34(28-40(36)47(39)37-17-7-9-20-41(37)52-42-21-10-8-18-38(42)47)30-22-24-33(25-23-30)46-50-44(31-12-3-1-4-13-31)49-45(51-46)32-14-5-2-6-15-32/h1-28H. The first-order chi connectivity index (χ1) is 25.7. The van der Waals surface area contributed by atoms with Crippen LogP contribution >= 0.6 is 0 Å². The van der Waals surface area contributed by atoms with Crippen LogP contribution in [0, 0.1) is 11.3 Å². The van der Waals surface area contributed by atoms with Gasteiger partial charge in [0.25, 0.3) is 0 Å². The lowest BCUT2D eigenvalue weighted by Gasteiger charge is -2.39. The Kier molecular flexibility index (Phi) is 6.70. The predicted molar refractivity (Wildman–Crippen MR) is 204 cm³/mol. The normalized spacial score (nSPS) is 12.9. The van der Waals surface area contributed by atoms with Gasteiger partial charge in [0.1, 0.15) is 11.5 Å². The molecular weight excluding hydrogens is 637 g/mol.